The van der Waals surface area contributed by atoms with E-state index in [0.717, 1.165) is 18.7 Å². The summed E-state index contributed by atoms with van der Waals surface area (Å²) in [5, 5.41) is 7.99. The minimum absolute atomic E-state index is 0.583. The lowest BCUT2D eigenvalue weighted by atomic mass is 10.1. The summed E-state index contributed by atoms with van der Waals surface area (Å²) >= 11 is 0. The van der Waals surface area contributed by atoms with Gasteiger partial charge in [-0.05, 0) is 37.6 Å². The van der Waals surface area contributed by atoms with Crippen molar-refractivity contribution in [1.29, 1.82) is 0 Å². The van der Waals surface area contributed by atoms with Crippen molar-refractivity contribution in [2.75, 3.05) is 13.6 Å². The van der Waals surface area contributed by atoms with Gasteiger partial charge in [0, 0.05) is 18.7 Å². The summed E-state index contributed by atoms with van der Waals surface area (Å²) in [7, 11) is 2.01. The zero-order valence-electron chi connectivity index (χ0n) is 10.1. The first-order valence-electron chi connectivity index (χ1n) is 6.17. The molecule has 1 atom stereocenters. The third-order valence-electron chi connectivity index (χ3n) is 3.44. The van der Waals surface area contributed by atoms with Gasteiger partial charge in [0.25, 0.3) is 0 Å². The fourth-order valence-electron chi connectivity index (χ4n) is 2.58. The van der Waals surface area contributed by atoms with Crippen LogP contribution >= 0.6 is 0 Å². The van der Waals surface area contributed by atoms with Gasteiger partial charge in [0.2, 0.25) is 0 Å². The molecule has 0 aliphatic heterocycles. The fraction of sp³-hybridized carbons (Fsp3) is 0.357. The van der Waals surface area contributed by atoms with Crippen molar-refractivity contribution >= 4 is 0 Å². The highest BCUT2D eigenvalue weighted by Crippen LogP contribution is 2.31. The normalized spacial score (nSPS) is 18.3. The van der Waals surface area contributed by atoms with Crippen molar-refractivity contribution in [3.8, 4) is 5.69 Å². The topological polar surface area (TPSA) is 29.9 Å². The summed E-state index contributed by atoms with van der Waals surface area (Å²) in [4.78, 5) is 0. The van der Waals surface area contributed by atoms with Crippen LogP contribution in [0.2, 0.25) is 0 Å². The molecule has 0 amide bonds. The minimum atomic E-state index is 0.583. The van der Waals surface area contributed by atoms with Gasteiger partial charge in [-0.1, -0.05) is 18.2 Å². The number of nitrogens with one attached hydrogen (secondary N) is 1. The maximum Gasteiger partial charge on any atom is 0.0704 e. The molecule has 0 bridgehead atoms. The lowest BCUT2D eigenvalue weighted by molar-refractivity contribution is 0.599. The van der Waals surface area contributed by atoms with Crippen molar-refractivity contribution in [2.24, 2.45) is 0 Å². The summed E-state index contributed by atoms with van der Waals surface area (Å²) in [5.74, 6) is 0.583. The number of fused-ring (bicyclic) bond motifs is 1. The molecule has 3 heteroatoms. The summed E-state index contributed by atoms with van der Waals surface area (Å²) < 4.78 is 2.01. The highest BCUT2D eigenvalue weighted by molar-refractivity contribution is 5.35. The highest BCUT2D eigenvalue weighted by Gasteiger charge is 2.25. The Labute approximate surface area is 101 Å². The molecule has 2 aromatic rings. The van der Waals surface area contributed by atoms with Gasteiger partial charge in [0.05, 0.1) is 11.4 Å². The molecule has 1 aliphatic rings. The number of nitrogens with zero attached hydrogens (tertiary/aromatic N) is 2. The zero-order chi connectivity index (χ0) is 11.7. The van der Waals surface area contributed by atoms with Crippen LogP contribution in [0.25, 0.3) is 5.69 Å². The summed E-state index contributed by atoms with van der Waals surface area (Å²) in [5.41, 5.74) is 3.84. The van der Waals surface area contributed by atoms with Gasteiger partial charge >= 0.3 is 0 Å². The molecule has 3 rings (SSSR count). The molecule has 1 aromatic carbocycles. The summed E-state index contributed by atoms with van der Waals surface area (Å²) in [6.07, 6.45) is 4.57. The second kappa shape index (κ2) is 4.34. The summed E-state index contributed by atoms with van der Waals surface area (Å²) in [6.45, 7) is 1.03. The Bertz CT molecular complexity index is 501. The third kappa shape index (κ3) is 1.87. The van der Waals surface area contributed by atoms with Crippen LogP contribution in [0.15, 0.2) is 36.5 Å². The van der Waals surface area contributed by atoms with Gasteiger partial charge in [-0.2, -0.15) is 5.10 Å². The van der Waals surface area contributed by atoms with Crippen LogP contribution in [0.5, 0.6) is 0 Å². The predicted molar refractivity (Wildman–Crippen MR) is 68.6 cm³/mol. The van der Waals surface area contributed by atoms with Crippen LogP contribution in [0.3, 0.4) is 0 Å². The lowest BCUT2D eigenvalue weighted by Crippen LogP contribution is -2.16. The Hall–Kier alpha value is -1.61. The highest BCUT2D eigenvalue weighted by atomic mass is 15.3. The second-order valence-electron chi connectivity index (χ2n) is 4.61. The quantitative estimate of drug-likeness (QED) is 0.870. The zero-order valence-corrected chi connectivity index (χ0v) is 10.1. The standard InChI is InChI=1S/C14H17N3/c1-15-9-11-7-8-12-10-17(16-14(11)12)13-5-3-2-4-6-13/h2-6,10-11,15H,7-9H2,1H3. The molecule has 0 spiro atoms. The minimum Gasteiger partial charge on any atom is -0.319 e. The van der Waals surface area contributed by atoms with Crippen molar-refractivity contribution in [3.05, 3.63) is 47.8 Å². The molecular formula is C14H17N3. The number of aromatic nitrogens is 2. The molecule has 1 heterocycles. The molecule has 3 nitrogen and oxygen atoms in total. The van der Waals surface area contributed by atoms with E-state index in [0.29, 0.717) is 5.92 Å². The van der Waals surface area contributed by atoms with Gasteiger partial charge in [0.15, 0.2) is 0 Å². The van der Waals surface area contributed by atoms with E-state index < -0.39 is 0 Å². The van der Waals surface area contributed by atoms with Crippen molar-refractivity contribution in [1.82, 2.24) is 15.1 Å². The van der Waals surface area contributed by atoms with E-state index in [1.54, 1.807) is 0 Å². The first-order chi connectivity index (χ1) is 8.38. The Morgan fingerprint density at radius 2 is 2.18 bits per heavy atom. The number of rotatable bonds is 3. The maximum atomic E-state index is 4.74. The number of hydrogen-bond acceptors (Lipinski definition) is 2. The molecule has 0 saturated carbocycles. The molecule has 88 valence electrons. The van der Waals surface area contributed by atoms with Crippen LogP contribution in [0.4, 0.5) is 0 Å². The Balaban J connectivity index is 1.93. The molecule has 0 radical (unpaired) electrons. The van der Waals surface area contributed by atoms with Crippen LogP contribution < -0.4 is 5.32 Å². The van der Waals surface area contributed by atoms with Crippen molar-refractivity contribution in [2.45, 2.75) is 18.8 Å². The van der Waals surface area contributed by atoms with Crippen LogP contribution in [-0.4, -0.2) is 23.4 Å². The fourth-order valence-corrected chi connectivity index (χ4v) is 2.58. The van der Waals surface area contributed by atoms with E-state index in [4.69, 9.17) is 5.10 Å². The van der Waals surface area contributed by atoms with Crippen molar-refractivity contribution in [3.63, 3.8) is 0 Å². The monoisotopic (exact) mass is 227 g/mol. The first-order valence-corrected chi connectivity index (χ1v) is 6.17. The average Bonchev–Trinajstić information content (AvgIpc) is 2.93. The first kappa shape index (κ1) is 10.5. The van der Waals surface area contributed by atoms with Gasteiger partial charge in [-0.3, -0.25) is 0 Å². The molecule has 0 saturated heterocycles. The van der Waals surface area contributed by atoms with Gasteiger partial charge in [-0.15, -0.1) is 0 Å². The van der Waals surface area contributed by atoms with E-state index >= 15 is 0 Å². The molecule has 17 heavy (non-hydrogen) atoms. The third-order valence-corrected chi connectivity index (χ3v) is 3.44. The van der Waals surface area contributed by atoms with Gasteiger partial charge in [-0.25, -0.2) is 4.68 Å². The van der Waals surface area contributed by atoms with E-state index in [1.165, 1.54) is 17.7 Å². The Kier molecular flexibility index (Phi) is 2.69. The Morgan fingerprint density at radius 3 is 2.94 bits per heavy atom. The largest absolute Gasteiger partial charge is 0.319 e. The molecule has 1 aliphatic carbocycles. The molecule has 1 aromatic heterocycles. The van der Waals surface area contributed by atoms with E-state index in [9.17, 15) is 0 Å². The number of aryl methyl sites for hydroxylation is 1. The van der Waals surface area contributed by atoms with E-state index in [2.05, 4.69) is 23.6 Å². The van der Waals surface area contributed by atoms with Gasteiger partial charge in [0.1, 0.15) is 0 Å². The lowest BCUT2D eigenvalue weighted by Gasteiger charge is -2.08. The Morgan fingerprint density at radius 1 is 1.35 bits per heavy atom. The molecule has 0 fully saturated rings. The van der Waals surface area contributed by atoms with Crippen LogP contribution in [0.1, 0.15) is 23.6 Å². The number of likely N-dealkylation sites (N-methyl/N-ethyl adjacent to an activating group) is 1. The number of hydrogen-bond donors (Lipinski definition) is 1. The van der Waals surface area contributed by atoms with E-state index in [-0.39, 0.29) is 0 Å². The molecule has 1 N–H and O–H groups in total. The maximum absolute atomic E-state index is 4.74. The van der Waals surface area contributed by atoms with Crippen LogP contribution in [-0.2, 0) is 6.42 Å². The second-order valence-corrected chi connectivity index (χ2v) is 4.61. The van der Waals surface area contributed by atoms with Crippen molar-refractivity contribution < 1.29 is 0 Å². The average molecular weight is 227 g/mol. The molecule has 1 unspecified atom stereocenters. The SMILES string of the molecule is CNCC1CCc2cn(-c3ccccc3)nc21. The predicted octanol–water partition coefficient (Wildman–Crippen LogP) is 2.12. The number of para-hydroxylation sites is 1. The smallest absolute Gasteiger partial charge is 0.0704 e. The number of benzene rings is 1. The van der Waals surface area contributed by atoms with E-state index in [1.807, 2.05) is 29.9 Å². The summed E-state index contributed by atoms with van der Waals surface area (Å²) in [6, 6.07) is 10.3. The van der Waals surface area contributed by atoms with Crippen LogP contribution in [0, 0.1) is 0 Å². The molecular weight excluding hydrogens is 210 g/mol. The van der Waals surface area contributed by atoms with Gasteiger partial charge < -0.3 is 5.32 Å².